The molecule has 0 saturated carbocycles. The van der Waals surface area contributed by atoms with Gasteiger partial charge in [0.15, 0.2) is 6.04 Å². The first kappa shape index (κ1) is 51.3. The topological polar surface area (TPSA) is 227 Å². The number of carbonyl (C=O) groups is 5. The molecule has 5 aromatic rings. The fourth-order valence-electron chi connectivity index (χ4n) is 5.65. The lowest BCUT2D eigenvalue weighted by Gasteiger charge is -2.25. The maximum Gasteiger partial charge on any atom is 0.430 e. The Morgan fingerprint density at radius 1 is 0.875 bits per heavy atom. The van der Waals surface area contributed by atoms with Crippen LogP contribution in [0.15, 0.2) is 113 Å². The van der Waals surface area contributed by atoms with E-state index in [1.807, 2.05) is 96.6 Å². The summed E-state index contributed by atoms with van der Waals surface area (Å²) in [6, 6.07) is 27.6. The molecule has 0 aliphatic carbocycles. The summed E-state index contributed by atoms with van der Waals surface area (Å²) in [5.41, 5.74) is 13.9. The quantitative estimate of drug-likeness (QED) is 0.0681. The van der Waals surface area contributed by atoms with Crippen molar-refractivity contribution in [3.8, 4) is 0 Å². The molecule has 0 radical (unpaired) electrons. The minimum atomic E-state index is -5.19. The number of benzene rings is 4. The molecule has 340 valence electrons. The molecule has 0 saturated heterocycles. The zero-order chi connectivity index (χ0) is 47.7. The molecule has 4 aromatic carbocycles. The molecule has 23 heteroatoms. The van der Waals surface area contributed by atoms with Crippen LogP contribution in [0, 0.1) is 0 Å². The van der Waals surface area contributed by atoms with Crippen molar-refractivity contribution in [1.29, 1.82) is 0 Å². The molecule has 6 N–H and O–H groups in total. The number of hydrogen-bond acceptors (Lipinski definition) is 10. The van der Waals surface area contributed by atoms with Gasteiger partial charge in [0.05, 0.1) is 27.5 Å². The zero-order valence-electron chi connectivity index (χ0n) is 33.0. The maximum absolute atomic E-state index is 12.7. The van der Waals surface area contributed by atoms with E-state index in [2.05, 4.69) is 38.5 Å². The summed E-state index contributed by atoms with van der Waals surface area (Å²) in [5.74, 6) is -3.88. The lowest BCUT2D eigenvalue weighted by Crippen LogP contribution is -2.69. The number of nitrogens with one attached hydrogen (secondary N) is 2. The fraction of sp³-hybridized carbons (Fsp3) is 0.171. The van der Waals surface area contributed by atoms with Gasteiger partial charge in [-0.15, -0.1) is 0 Å². The third-order valence-corrected chi connectivity index (χ3v) is 9.19. The van der Waals surface area contributed by atoms with Crippen molar-refractivity contribution in [2.45, 2.75) is 38.4 Å². The number of para-hydroxylation sites is 2. The van der Waals surface area contributed by atoms with E-state index < -0.39 is 55.5 Å². The number of carboxylic acid groups (broad SMARTS) is 3. The van der Waals surface area contributed by atoms with Crippen molar-refractivity contribution in [2.75, 3.05) is 9.80 Å². The SMILES string of the molecule is C[n+]1c(C=CC=C2N(Cc3ccccc3)c3cc(Cl)c(Cl)cc3N2Cc2ccc(C(=O)NNC(=O)C([NH3+])CC(=O)O)cc2)oc2ccccc21.FC(F)F.O=C([O-])C(F)(F)F.O=C[O-]. The van der Waals surface area contributed by atoms with E-state index in [-0.39, 0.29) is 0 Å². The minimum Gasteiger partial charge on any atom is -0.554 e. The van der Waals surface area contributed by atoms with Gasteiger partial charge in [0, 0.05) is 31.2 Å². The van der Waals surface area contributed by atoms with Crippen LogP contribution in [0.1, 0.15) is 33.8 Å². The third kappa shape index (κ3) is 15.1. The summed E-state index contributed by atoms with van der Waals surface area (Å²) < 4.78 is 68.6. The number of allylic oxidation sites excluding steroid dienone is 2. The number of rotatable bonds is 10. The van der Waals surface area contributed by atoms with E-state index in [1.165, 1.54) is 0 Å². The first-order chi connectivity index (χ1) is 30.2. The number of anilines is 2. The lowest BCUT2D eigenvalue weighted by atomic mass is 10.1. The summed E-state index contributed by atoms with van der Waals surface area (Å²) in [5, 5.41) is 26.8. The van der Waals surface area contributed by atoms with E-state index >= 15 is 0 Å². The van der Waals surface area contributed by atoms with Gasteiger partial charge in [0.2, 0.25) is 5.58 Å². The van der Waals surface area contributed by atoms with Gasteiger partial charge in [-0.3, -0.25) is 25.2 Å². The predicted octanol–water partition coefficient (Wildman–Crippen LogP) is 3.84. The van der Waals surface area contributed by atoms with Gasteiger partial charge in [-0.2, -0.15) is 30.9 Å². The Bertz CT molecular complexity index is 2470. The molecule has 1 aliphatic heterocycles. The molecular weight excluding hydrogens is 905 g/mol. The highest BCUT2D eigenvalue weighted by Crippen LogP contribution is 2.47. The van der Waals surface area contributed by atoms with Crippen molar-refractivity contribution < 1.29 is 80.4 Å². The highest BCUT2D eigenvalue weighted by atomic mass is 35.5. The van der Waals surface area contributed by atoms with Gasteiger partial charge in [-0.05, 0) is 53.6 Å². The second-order valence-electron chi connectivity index (χ2n) is 12.8. The van der Waals surface area contributed by atoms with Gasteiger partial charge < -0.3 is 44.9 Å². The standard InChI is InChI=1S/C37H32Cl2N6O5.C2HF3O2.CHF3.CH2O2/c1-43-29-10-5-6-11-32(29)50-34(43)13-7-12-33-44(21-23-8-3-2-4-9-23)30-18-26(38)27(39)19-31(30)45(33)22-24-14-16-25(17-15-24)36(48)41-42-37(49)28(40)20-35(46)47;3-2(4,5)1(6)7;2-1(3)4;2-1-3/h2-19,28H,20-22,40H2,1H3,(H2-,41,42,46,47,48,49);(H,6,7);1H;1H,(H,2,3). The van der Waals surface area contributed by atoms with E-state index in [9.17, 15) is 40.7 Å². The van der Waals surface area contributed by atoms with Crippen LogP contribution >= 0.6 is 23.2 Å². The monoisotopic (exact) mass is 940 g/mol. The zero-order valence-corrected chi connectivity index (χ0v) is 34.5. The normalized spacial score (nSPS) is 12.9. The molecular formula is C41H36Cl2F6N6O9. The molecule has 2 amide bonds. The number of aryl methyl sites for hydroxylation is 1. The van der Waals surface area contributed by atoms with Crippen LogP contribution in [0.5, 0.6) is 0 Å². The molecule has 6 rings (SSSR count). The average molecular weight is 942 g/mol. The van der Waals surface area contributed by atoms with E-state index in [4.69, 9.17) is 52.5 Å². The van der Waals surface area contributed by atoms with Crippen molar-refractivity contribution >= 4 is 82.0 Å². The molecule has 0 spiro atoms. The van der Waals surface area contributed by atoms with Gasteiger partial charge in [0.1, 0.15) is 25.3 Å². The molecule has 0 fully saturated rings. The molecule has 0 bridgehead atoms. The molecule has 1 atom stereocenters. The van der Waals surface area contributed by atoms with Crippen LogP contribution in [0.25, 0.3) is 17.2 Å². The number of hydrazine groups is 1. The number of amides is 2. The Balaban J connectivity index is 0.000000679. The van der Waals surface area contributed by atoms with Crippen LogP contribution in [0.3, 0.4) is 0 Å². The Labute approximate surface area is 369 Å². The first-order valence-electron chi connectivity index (χ1n) is 18.0. The van der Waals surface area contributed by atoms with Crippen molar-refractivity contribution in [3.05, 3.63) is 142 Å². The van der Waals surface area contributed by atoms with E-state index in [1.54, 1.807) is 12.1 Å². The number of fused-ring (bicyclic) bond motifs is 2. The second kappa shape index (κ2) is 23.9. The Kier molecular flexibility index (Phi) is 19.2. The summed E-state index contributed by atoms with van der Waals surface area (Å²) in [6.07, 6.45) is 0.227. The van der Waals surface area contributed by atoms with E-state index in [0.717, 1.165) is 39.4 Å². The molecule has 64 heavy (non-hydrogen) atoms. The Hall–Kier alpha value is -7.10. The number of aromatic nitrogens is 1. The molecule has 2 heterocycles. The number of hydrogen-bond donors (Lipinski definition) is 4. The summed E-state index contributed by atoms with van der Waals surface area (Å²) in [7, 11) is 1.96. The molecule has 1 aliphatic rings. The fourth-order valence-corrected chi connectivity index (χ4v) is 5.97. The first-order valence-corrected chi connectivity index (χ1v) is 18.8. The lowest BCUT2D eigenvalue weighted by molar-refractivity contribution is -0.652. The number of oxazole rings is 1. The minimum absolute atomic E-state index is 0.299. The van der Waals surface area contributed by atoms with Crippen molar-refractivity contribution in [3.63, 3.8) is 0 Å². The number of nitrogens with zero attached hydrogens (tertiary/aromatic N) is 3. The number of alkyl halides is 6. The van der Waals surface area contributed by atoms with Crippen LogP contribution in [-0.4, -0.2) is 54.2 Å². The van der Waals surface area contributed by atoms with Crippen LogP contribution in [0.2, 0.25) is 10.0 Å². The third-order valence-electron chi connectivity index (χ3n) is 8.47. The van der Waals surface area contributed by atoms with Gasteiger partial charge in [-0.25, -0.2) is 0 Å². The highest BCUT2D eigenvalue weighted by molar-refractivity contribution is 6.42. The summed E-state index contributed by atoms with van der Waals surface area (Å²) in [6.45, 7) is -3.18. The van der Waals surface area contributed by atoms with Crippen molar-refractivity contribution in [1.82, 2.24) is 10.9 Å². The average Bonchev–Trinajstić information content (AvgIpc) is 3.69. The summed E-state index contributed by atoms with van der Waals surface area (Å²) in [4.78, 5) is 57.0. The Morgan fingerprint density at radius 2 is 1.36 bits per heavy atom. The largest absolute Gasteiger partial charge is 0.554 e. The van der Waals surface area contributed by atoms with Gasteiger partial charge in [-0.1, -0.05) is 77.8 Å². The number of quaternary nitrogens is 1. The summed E-state index contributed by atoms with van der Waals surface area (Å²) >= 11 is 13.1. The Morgan fingerprint density at radius 3 is 1.84 bits per heavy atom. The number of carboxylic acids is 2. The van der Waals surface area contributed by atoms with Crippen LogP contribution in [-0.2, 0) is 39.3 Å². The van der Waals surface area contributed by atoms with Gasteiger partial charge in [0.25, 0.3) is 17.3 Å². The molecule has 1 unspecified atom stereocenters. The highest BCUT2D eigenvalue weighted by Gasteiger charge is 2.33. The van der Waals surface area contributed by atoms with Gasteiger partial charge >= 0.3 is 24.7 Å². The number of carbonyl (C=O) groups excluding carboxylic acids is 4. The number of halogens is 8. The second-order valence-corrected chi connectivity index (χ2v) is 13.6. The maximum atomic E-state index is 12.7. The molecule has 1 aromatic heterocycles. The van der Waals surface area contributed by atoms with Crippen LogP contribution < -0.4 is 41.2 Å². The van der Waals surface area contributed by atoms with E-state index in [0.29, 0.717) is 34.6 Å². The van der Waals surface area contributed by atoms with Crippen molar-refractivity contribution in [2.24, 2.45) is 7.05 Å². The predicted molar refractivity (Wildman–Crippen MR) is 215 cm³/mol. The smallest absolute Gasteiger partial charge is 0.430 e. The molecule has 15 nitrogen and oxygen atoms in total. The number of aliphatic carboxylic acids is 2. The van der Waals surface area contributed by atoms with Crippen LogP contribution in [0.4, 0.5) is 37.7 Å².